The van der Waals surface area contributed by atoms with Crippen molar-refractivity contribution in [2.75, 3.05) is 5.88 Å². The number of aromatic nitrogens is 3. The first-order valence-corrected chi connectivity index (χ1v) is 6.78. The normalized spacial score (nSPS) is 11.8. The summed E-state index contributed by atoms with van der Waals surface area (Å²) in [6.07, 6.45) is -2.08. The first kappa shape index (κ1) is 14.2. The van der Waals surface area contributed by atoms with Gasteiger partial charge in [-0.3, -0.25) is 4.98 Å². The predicted molar refractivity (Wildman–Crippen MR) is 67.2 cm³/mol. The molecule has 0 unspecified atom stereocenters. The Morgan fingerprint density at radius 3 is 2.58 bits per heavy atom. The van der Waals surface area contributed by atoms with Gasteiger partial charge in [0.25, 0.3) is 0 Å². The molecular formula is C11H9ClF3N3S. The SMILES string of the molecule is FC(F)(F)c1ccc(-c2nnc(CCCCl)s2)nc1. The van der Waals surface area contributed by atoms with E-state index in [1.54, 1.807) is 0 Å². The Hall–Kier alpha value is -1.21. The van der Waals surface area contributed by atoms with E-state index >= 15 is 0 Å². The third kappa shape index (κ3) is 3.63. The van der Waals surface area contributed by atoms with Crippen molar-refractivity contribution < 1.29 is 13.2 Å². The van der Waals surface area contributed by atoms with Gasteiger partial charge in [-0.2, -0.15) is 13.2 Å². The van der Waals surface area contributed by atoms with Crippen LogP contribution < -0.4 is 0 Å². The van der Waals surface area contributed by atoms with E-state index in [0.717, 1.165) is 23.7 Å². The predicted octanol–water partition coefficient (Wildman–Crippen LogP) is 3.79. The lowest BCUT2D eigenvalue weighted by Crippen LogP contribution is -2.05. The number of aryl methyl sites for hydroxylation is 1. The topological polar surface area (TPSA) is 38.7 Å². The van der Waals surface area contributed by atoms with E-state index in [4.69, 9.17) is 11.6 Å². The zero-order chi connectivity index (χ0) is 13.9. The van der Waals surface area contributed by atoms with Crippen molar-refractivity contribution >= 4 is 22.9 Å². The smallest absolute Gasteiger partial charge is 0.253 e. The lowest BCUT2D eigenvalue weighted by molar-refractivity contribution is -0.137. The molecule has 0 spiro atoms. The average Bonchev–Trinajstić information content (AvgIpc) is 2.84. The molecule has 0 atom stereocenters. The van der Waals surface area contributed by atoms with Gasteiger partial charge in [0.05, 0.1) is 5.56 Å². The van der Waals surface area contributed by atoms with E-state index in [1.807, 2.05) is 0 Å². The number of hydrogen-bond acceptors (Lipinski definition) is 4. The molecule has 0 saturated heterocycles. The summed E-state index contributed by atoms with van der Waals surface area (Å²) in [7, 11) is 0. The van der Waals surface area contributed by atoms with Crippen LogP contribution in [0.3, 0.4) is 0 Å². The highest BCUT2D eigenvalue weighted by Crippen LogP contribution is 2.30. The minimum atomic E-state index is -4.38. The van der Waals surface area contributed by atoms with Gasteiger partial charge >= 0.3 is 6.18 Å². The van der Waals surface area contributed by atoms with Crippen LogP contribution in [0.4, 0.5) is 13.2 Å². The van der Waals surface area contributed by atoms with E-state index in [2.05, 4.69) is 15.2 Å². The van der Waals surface area contributed by atoms with Crippen LogP contribution in [0, 0.1) is 0 Å². The average molecular weight is 308 g/mol. The van der Waals surface area contributed by atoms with Gasteiger partial charge in [0.15, 0.2) is 5.01 Å². The highest BCUT2D eigenvalue weighted by Gasteiger charge is 2.30. The molecule has 2 heterocycles. The van der Waals surface area contributed by atoms with Gasteiger partial charge in [-0.05, 0) is 18.6 Å². The molecule has 0 bridgehead atoms. The van der Waals surface area contributed by atoms with Gasteiger partial charge in [-0.15, -0.1) is 21.8 Å². The number of halogens is 4. The highest BCUT2D eigenvalue weighted by molar-refractivity contribution is 7.14. The van der Waals surface area contributed by atoms with Gasteiger partial charge in [0.2, 0.25) is 0 Å². The molecule has 2 aromatic heterocycles. The Morgan fingerprint density at radius 1 is 1.21 bits per heavy atom. The van der Waals surface area contributed by atoms with Crippen LogP contribution in [-0.4, -0.2) is 21.1 Å². The third-order valence-corrected chi connectivity index (χ3v) is 3.57. The highest BCUT2D eigenvalue weighted by atomic mass is 35.5. The Bertz CT molecular complexity index is 539. The molecule has 0 N–H and O–H groups in total. The number of alkyl halides is 4. The molecule has 0 aliphatic heterocycles. The summed E-state index contributed by atoms with van der Waals surface area (Å²) in [4.78, 5) is 3.77. The maximum Gasteiger partial charge on any atom is 0.417 e. The summed E-state index contributed by atoms with van der Waals surface area (Å²) in [6, 6.07) is 2.29. The lowest BCUT2D eigenvalue weighted by Gasteiger charge is -2.05. The maximum atomic E-state index is 12.4. The van der Waals surface area contributed by atoms with Crippen LogP contribution in [0.15, 0.2) is 18.3 Å². The van der Waals surface area contributed by atoms with Crippen LogP contribution in [0.25, 0.3) is 10.7 Å². The number of hydrogen-bond donors (Lipinski definition) is 0. The summed E-state index contributed by atoms with van der Waals surface area (Å²) in [6.45, 7) is 0. The zero-order valence-electron chi connectivity index (χ0n) is 9.62. The Labute approximate surface area is 116 Å². The second kappa shape index (κ2) is 5.83. The Kier molecular flexibility index (Phi) is 4.36. The molecule has 2 aromatic rings. The van der Waals surface area contributed by atoms with Crippen molar-refractivity contribution in [3.63, 3.8) is 0 Å². The standard InChI is InChI=1S/C11H9ClF3N3S/c12-5-1-2-9-17-18-10(19-9)8-4-3-7(6-16-8)11(13,14)15/h3-4,6H,1-2,5H2. The van der Waals surface area contributed by atoms with Gasteiger partial charge in [-0.25, -0.2) is 0 Å². The molecule has 0 radical (unpaired) electrons. The molecule has 0 amide bonds. The van der Waals surface area contributed by atoms with Crippen LogP contribution in [0.2, 0.25) is 0 Å². The van der Waals surface area contributed by atoms with Crippen LogP contribution in [-0.2, 0) is 12.6 Å². The van der Waals surface area contributed by atoms with E-state index in [-0.39, 0.29) is 0 Å². The first-order valence-electron chi connectivity index (χ1n) is 5.42. The van der Waals surface area contributed by atoms with Crippen molar-refractivity contribution in [3.05, 3.63) is 28.9 Å². The van der Waals surface area contributed by atoms with Crippen molar-refractivity contribution in [1.82, 2.24) is 15.2 Å². The molecule has 2 rings (SSSR count). The molecule has 19 heavy (non-hydrogen) atoms. The molecule has 102 valence electrons. The number of pyridine rings is 1. The first-order chi connectivity index (χ1) is 9.00. The molecule has 0 aliphatic carbocycles. The zero-order valence-corrected chi connectivity index (χ0v) is 11.2. The van der Waals surface area contributed by atoms with Crippen molar-refractivity contribution in [1.29, 1.82) is 0 Å². The fraction of sp³-hybridized carbons (Fsp3) is 0.364. The second-order valence-corrected chi connectivity index (χ2v) is 5.16. The summed E-state index contributed by atoms with van der Waals surface area (Å²) in [5.41, 5.74) is -0.384. The molecule has 8 heteroatoms. The summed E-state index contributed by atoms with van der Waals surface area (Å²) < 4.78 is 37.2. The van der Waals surface area contributed by atoms with Gasteiger partial charge in [-0.1, -0.05) is 11.3 Å². The quantitative estimate of drug-likeness (QED) is 0.807. The minimum Gasteiger partial charge on any atom is -0.253 e. The molecule has 0 fully saturated rings. The fourth-order valence-electron chi connectivity index (χ4n) is 1.36. The fourth-order valence-corrected chi connectivity index (χ4v) is 2.36. The van der Waals surface area contributed by atoms with Crippen LogP contribution in [0.1, 0.15) is 17.0 Å². The van der Waals surface area contributed by atoms with E-state index in [0.29, 0.717) is 23.0 Å². The van der Waals surface area contributed by atoms with Gasteiger partial charge in [0, 0.05) is 18.5 Å². The Balaban J connectivity index is 2.16. The van der Waals surface area contributed by atoms with Gasteiger partial charge < -0.3 is 0 Å². The van der Waals surface area contributed by atoms with Crippen molar-refractivity contribution in [2.24, 2.45) is 0 Å². The molecule has 0 aromatic carbocycles. The van der Waals surface area contributed by atoms with E-state index in [1.165, 1.54) is 17.4 Å². The third-order valence-electron chi connectivity index (χ3n) is 2.30. The largest absolute Gasteiger partial charge is 0.417 e. The minimum absolute atomic E-state index is 0.391. The summed E-state index contributed by atoms with van der Waals surface area (Å²) in [5, 5.41) is 9.18. The number of nitrogens with zero attached hydrogens (tertiary/aromatic N) is 3. The molecule has 0 aliphatic rings. The lowest BCUT2D eigenvalue weighted by atomic mass is 10.2. The van der Waals surface area contributed by atoms with Crippen molar-refractivity contribution in [2.45, 2.75) is 19.0 Å². The van der Waals surface area contributed by atoms with E-state index in [9.17, 15) is 13.2 Å². The molecule has 3 nitrogen and oxygen atoms in total. The van der Waals surface area contributed by atoms with Crippen LogP contribution >= 0.6 is 22.9 Å². The molecular weight excluding hydrogens is 299 g/mol. The second-order valence-electron chi connectivity index (χ2n) is 3.72. The summed E-state index contributed by atoms with van der Waals surface area (Å²) >= 11 is 6.89. The maximum absolute atomic E-state index is 12.4. The van der Waals surface area contributed by atoms with Crippen LogP contribution in [0.5, 0.6) is 0 Å². The Morgan fingerprint density at radius 2 is 2.00 bits per heavy atom. The summed E-state index contributed by atoms with van der Waals surface area (Å²) in [5.74, 6) is 0.535. The monoisotopic (exact) mass is 307 g/mol. The molecule has 0 saturated carbocycles. The van der Waals surface area contributed by atoms with Gasteiger partial charge in [0.1, 0.15) is 10.7 Å². The number of rotatable bonds is 4. The van der Waals surface area contributed by atoms with E-state index < -0.39 is 11.7 Å². The van der Waals surface area contributed by atoms with Crippen molar-refractivity contribution in [3.8, 4) is 10.7 Å².